The van der Waals surface area contributed by atoms with Gasteiger partial charge in [-0.05, 0) is 18.4 Å². The number of sulfone groups is 1. The van der Waals surface area contributed by atoms with Crippen LogP contribution >= 0.6 is 0 Å². The zero-order valence-corrected chi connectivity index (χ0v) is 7.56. The highest BCUT2D eigenvalue weighted by atomic mass is 32.2. The van der Waals surface area contributed by atoms with E-state index in [2.05, 4.69) is 0 Å². The Hall–Kier alpha value is -0.570. The highest BCUT2D eigenvalue weighted by Crippen LogP contribution is 2.21. The maximum atomic E-state index is 11.0. The van der Waals surface area contributed by atoms with Gasteiger partial charge in [0.2, 0.25) is 0 Å². The zero-order chi connectivity index (χ0) is 8.48. The summed E-state index contributed by atoms with van der Waals surface area (Å²) in [5, 5.41) is 0. The Kier molecular flexibility index (Phi) is 2.18. The Labute approximate surface area is 67.5 Å². The first-order valence-electron chi connectivity index (χ1n) is 3.57. The van der Waals surface area contributed by atoms with Crippen molar-refractivity contribution in [2.24, 2.45) is 5.92 Å². The van der Waals surface area contributed by atoms with E-state index in [1.807, 2.05) is 19.1 Å². The molecule has 0 heterocycles. The van der Waals surface area contributed by atoms with Gasteiger partial charge in [0.25, 0.3) is 0 Å². The van der Waals surface area contributed by atoms with Crippen LogP contribution in [0.4, 0.5) is 0 Å². The standard InChI is InChI=1S/C8H12O2S/c1-7-4-3-5-8(6-7)11(2,9)10/h3-5,7H,6H2,1-2H3. The van der Waals surface area contributed by atoms with Crippen LogP contribution in [0.3, 0.4) is 0 Å². The van der Waals surface area contributed by atoms with Crippen molar-refractivity contribution in [3.63, 3.8) is 0 Å². The highest BCUT2D eigenvalue weighted by Gasteiger charge is 2.14. The molecule has 0 aromatic heterocycles. The van der Waals surface area contributed by atoms with Crippen LogP contribution in [-0.2, 0) is 9.84 Å². The molecule has 11 heavy (non-hydrogen) atoms. The van der Waals surface area contributed by atoms with Crippen molar-refractivity contribution in [3.05, 3.63) is 23.1 Å². The molecule has 0 spiro atoms. The lowest BCUT2D eigenvalue weighted by Gasteiger charge is -2.11. The third-order valence-corrected chi connectivity index (χ3v) is 2.98. The summed E-state index contributed by atoms with van der Waals surface area (Å²) in [7, 11) is -2.95. The monoisotopic (exact) mass is 172 g/mol. The molecule has 1 aliphatic rings. The number of hydrogen-bond acceptors (Lipinski definition) is 2. The van der Waals surface area contributed by atoms with E-state index in [1.165, 1.54) is 6.26 Å². The Morgan fingerprint density at radius 3 is 2.55 bits per heavy atom. The van der Waals surface area contributed by atoms with E-state index in [9.17, 15) is 8.42 Å². The van der Waals surface area contributed by atoms with Gasteiger partial charge < -0.3 is 0 Å². The fourth-order valence-corrected chi connectivity index (χ4v) is 1.97. The van der Waals surface area contributed by atoms with Gasteiger partial charge in [0.15, 0.2) is 9.84 Å². The summed E-state index contributed by atoms with van der Waals surface area (Å²) < 4.78 is 22.1. The molecule has 0 radical (unpaired) electrons. The summed E-state index contributed by atoms with van der Waals surface area (Å²) in [4.78, 5) is 0.549. The molecule has 0 saturated carbocycles. The maximum Gasteiger partial charge on any atom is 0.171 e. The Balaban J connectivity index is 2.92. The number of allylic oxidation sites excluding steroid dienone is 4. The fourth-order valence-electron chi connectivity index (χ4n) is 1.08. The van der Waals surface area contributed by atoms with Crippen LogP contribution in [0.2, 0.25) is 0 Å². The second-order valence-electron chi connectivity index (χ2n) is 2.97. The van der Waals surface area contributed by atoms with Gasteiger partial charge in [0.05, 0.1) is 0 Å². The van der Waals surface area contributed by atoms with Crippen LogP contribution in [0.15, 0.2) is 23.1 Å². The lowest BCUT2D eigenvalue weighted by molar-refractivity contribution is 0.601. The minimum absolute atomic E-state index is 0.352. The Morgan fingerprint density at radius 2 is 2.18 bits per heavy atom. The van der Waals surface area contributed by atoms with Crippen LogP contribution in [0.25, 0.3) is 0 Å². The second-order valence-corrected chi connectivity index (χ2v) is 5.04. The molecular formula is C8H12O2S. The van der Waals surface area contributed by atoms with E-state index in [4.69, 9.17) is 0 Å². The molecule has 0 aromatic carbocycles. The van der Waals surface area contributed by atoms with Gasteiger partial charge in [-0.1, -0.05) is 19.1 Å². The molecule has 0 aliphatic heterocycles. The van der Waals surface area contributed by atoms with Crippen LogP contribution < -0.4 is 0 Å². The van der Waals surface area contributed by atoms with E-state index >= 15 is 0 Å². The molecule has 1 unspecified atom stereocenters. The maximum absolute atomic E-state index is 11.0. The highest BCUT2D eigenvalue weighted by molar-refractivity contribution is 7.94. The summed E-state index contributed by atoms with van der Waals surface area (Å²) in [5.74, 6) is 0.352. The molecule has 1 rings (SSSR count). The van der Waals surface area contributed by atoms with Crippen LogP contribution in [0, 0.1) is 5.92 Å². The van der Waals surface area contributed by atoms with Crippen molar-refractivity contribution in [1.82, 2.24) is 0 Å². The van der Waals surface area contributed by atoms with E-state index in [0.717, 1.165) is 0 Å². The molecule has 0 bridgehead atoms. The lowest BCUT2D eigenvalue weighted by atomic mass is 10.0. The summed E-state index contributed by atoms with van der Waals surface area (Å²) in [6.45, 7) is 2.01. The predicted octanol–water partition coefficient (Wildman–Crippen LogP) is 1.51. The van der Waals surface area contributed by atoms with Crippen molar-refractivity contribution in [2.75, 3.05) is 6.26 Å². The first-order chi connectivity index (χ1) is 5.00. The predicted molar refractivity (Wildman–Crippen MR) is 45.8 cm³/mol. The van der Waals surface area contributed by atoms with Gasteiger partial charge in [-0.25, -0.2) is 8.42 Å². The molecule has 0 N–H and O–H groups in total. The summed E-state index contributed by atoms with van der Waals surface area (Å²) >= 11 is 0. The van der Waals surface area contributed by atoms with E-state index < -0.39 is 9.84 Å². The van der Waals surface area contributed by atoms with Gasteiger partial charge in [-0.15, -0.1) is 0 Å². The van der Waals surface area contributed by atoms with Crippen LogP contribution in [0.5, 0.6) is 0 Å². The molecule has 0 amide bonds. The SMILES string of the molecule is CC1C=CC=C(S(C)(=O)=O)C1. The van der Waals surface area contributed by atoms with Gasteiger partial charge >= 0.3 is 0 Å². The minimum Gasteiger partial charge on any atom is -0.224 e. The fraction of sp³-hybridized carbons (Fsp3) is 0.500. The van der Waals surface area contributed by atoms with E-state index in [1.54, 1.807) is 6.08 Å². The largest absolute Gasteiger partial charge is 0.224 e. The smallest absolute Gasteiger partial charge is 0.171 e. The molecular weight excluding hydrogens is 160 g/mol. The normalized spacial score (nSPS) is 24.9. The van der Waals surface area contributed by atoms with Gasteiger partial charge in [0, 0.05) is 11.2 Å². The van der Waals surface area contributed by atoms with Gasteiger partial charge in [0.1, 0.15) is 0 Å². The first kappa shape index (κ1) is 8.53. The van der Waals surface area contributed by atoms with Crippen molar-refractivity contribution >= 4 is 9.84 Å². The van der Waals surface area contributed by atoms with Crippen molar-refractivity contribution in [1.29, 1.82) is 0 Å². The van der Waals surface area contributed by atoms with Crippen LogP contribution in [0.1, 0.15) is 13.3 Å². The molecule has 0 saturated heterocycles. The molecule has 3 heteroatoms. The molecule has 1 atom stereocenters. The van der Waals surface area contributed by atoms with Crippen molar-refractivity contribution in [3.8, 4) is 0 Å². The third kappa shape index (κ3) is 2.19. The second kappa shape index (κ2) is 2.81. The zero-order valence-electron chi connectivity index (χ0n) is 6.74. The molecule has 1 aliphatic carbocycles. The molecule has 0 fully saturated rings. The number of rotatable bonds is 1. The molecule has 2 nitrogen and oxygen atoms in total. The lowest BCUT2D eigenvalue weighted by Crippen LogP contribution is -2.06. The minimum atomic E-state index is -2.95. The van der Waals surface area contributed by atoms with Crippen LogP contribution in [-0.4, -0.2) is 14.7 Å². The molecule has 62 valence electrons. The average molecular weight is 172 g/mol. The first-order valence-corrected chi connectivity index (χ1v) is 5.46. The quantitative estimate of drug-likeness (QED) is 0.601. The average Bonchev–Trinajstić information content (AvgIpc) is 1.86. The Morgan fingerprint density at radius 1 is 1.55 bits per heavy atom. The third-order valence-electron chi connectivity index (χ3n) is 1.72. The van der Waals surface area contributed by atoms with Crippen molar-refractivity contribution in [2.45, 2.75) is 13.3 Å². The van der Waals surface area contributed by atoms with Gasteiger partial charge in [-0.2, -0.15) is 0 Å². The van der Waals surface area contributed by atoms with Gasteiger partial charge in [-0.3, -0.25) is 0 Å². The molecule has 0 aromatic rings. The number of hydrogen-bond donors (Lipinski definition) is 0. The van der Waals surface area contributed by atoms with Crippen molar-refractivity contribution < 1.29 is 8.42 Å². The summed E-state index contributed by atoms with van der Waals surface area (Å²) in [6.07, 6.45) is 7.40. The Bertz CT molecular complexity index is 296. The topological polar surface area (TPSA) is 34.1 Å². The van der Waals surface area contributed by atoms with E-state index in [0.29, 0.717) is 17.2 Å². The summed E-state index contributed by atoms with van der Waals surface area (Å²) in [5.41, 5.74) is 0. The summed E-state index contributed by atoms with van der Waals surface area (Å²) in [6, 6.07) is 0. The van der Waals surface area contributed by atoms with E-state index in [-0.39, 0.29) is 0 Å².